The predicted octanol–water partition coefficient (Wildman–Crippen LogP) is 6.46. The van der Waals surface area contributed by atoms with Crippen molar-refractivity contribution in [3.8, 4) is 0 Å². The fourth-order valence-electron chi connectivity index (χ4n) is 5.71. The molecule has 0 spiro atoms. The maximum atomic E-state index is 11.6. The van der Waals surface area contributed by atoms with Gasteiger partial charge in [0.25, 0.3) is 0 Å². The molecule has 1 aliphatic heterocycles. The highest BCUT2D eigenvalue weighted by Crippen LogP contribution is 2.47. The van der Waals surface area contributed by atoms with E-state index < -0.39 is 14.3 Å². The van der Waals surface area contributed by atoms with Crippen molar-refractivity contribution in [3.05, 3.63) is 33.9 Å². The number of carbonyl (C=O) groups is 1. The molecule has 4 nitrogen and oxygen atoms in total. The molecule has 2 heterocycles. The van der Waals surface area contributed by atoms with Crippen LogP contribution in [0.25, 0.3) is 10.9 Å². The van der Waals surface area contributed by atoms with Crippen LogP contribution in [0.5, 0.6) is 0 Å². The molecule has 148 valence electrons. The smallest absolute Gasteiger partial charge is 0.407 e. The molecular formula is C21H31BrN2O2Si. The number of halogens is 1. The zero-order chi connectivity index (χ0) is 20.1. The van der Waals surface area contributed by atoms with Crippen molar-refractivity contribution in [1.29, 1.82) is 0 Å². The fourth-order valence-corrected chi connectivity index (χ4v) is 12.9. The topological polar surface area (TPSA) is 45.5 Å². The summed E-state index contributed by atoms with van der Waals surface area (Å²) in [6.07, 6.45) is -0.0202. The zero-order valence-corrected chi connectivity index (χ0v) is 19.8. The molecular weight excluding hydrogens is 420 g/mol. The van der Waals surface area contributed by atoms with Gasteiger partial charge >= 0.3 is 6.09 Å². The number of rotatable bonds is 4. The highest BCUT2D eigenvalue weighted by Gasteiger charge is 2.48. The minimum Gasteiger partial charge on any atom is -0.465 e. The summed E-state index contributed by atoms with van der Waals surface area (Å²) in [6, 6.07) is 6.49. The summed E-state index contributed by atoms with van der Waals surface area (Å²) in [4.78, 5) is 13.2. The van der Waals surface area contributed by atoms with E-state index in [2.05, 4.69) is 79.9 Å². The van der Waals surface area contributed by atoms with Crippen molar-refractivity contribution in [2.24, 2.45) is 0 Å². The molecule has 0 aliphatic carbocycles. The number of amides is 1. The van der Waals surface area contributed by atoms with E-state index in [0.29, 0.717) is 29.7 Å². The van der Waals surface area contributed by atoms with E-state index in [1.54, 1.807) is 4.90 Å². The summed E-state index contributed by atoms with van der Waals surface area (Å²) in [6.45, 7) is 15.4. The third-order valence-corrected chi connectivity index (χ3v) is 13.9. The highest BCUT2D eigenvalue weighted by atomic mass is 79.9. The molecule has 1 aliphatic rings. The van der Waals surface area contributed by atoms with Gasteiger partial charge in [0.05, 0.1) is 6.54 Å². The van der Waals surface area contributed by atoms with Crippen molar-refractivity contribution in [3.63, 3.8) is 0 Å². The molecule has 0 saturated carbocycles. The molecule has 0 saturated heterocycles. The van der Waals surface area contributed by atoms with Gasteiger partial charge in [-0.2, -0.15) is 0 Å². The van der Waals surface area contributed by atoms with E-state index in [4.69, 9.17) is 0 Å². The lowest BCUT2D eigenvalue weighted by Gasteiger charge is -2.46. The quantitative estimate of drug-likeness (QED) is 0.542. The SMILES string of the molecule is CC(C)[Si](C(C)C)(C(C)C)n1c2c(c3ccc(Br)cc31)CN(C(=O)O)CC2. The lowest BCUT2D eigenvalue weighted by atomic mass is 10.1. The summed E-state index contributed by atoms with van der Waals surface area (Å²) in [5.74, 6) is 0. The van der Waals surface area contributed by atoms with Gasteiger partial charge < -0.3 is 14.2 Å². The third kappa shape index (κ3) is 3.05. The van der Waals surface area contributed by atoms with Crippen molar-refractivity contribution >= 4 is 41.2 Å². The second-order valence-corrected chi connectivity index (χ2v) is 15.3. The molecule has 0 unspecified atom stereocenters. The maximum absolute atomic E-state index is 11.6. The minimum absolute atomic E-state index is 0.495. The first-order valence-electron chi connectivity index (χ1n) is 9.92. The van der Waals surface area contributed by atoms with E-state index >= 15 is 0 Å². The maximum Gasteiger partial charge on any atom is 0.407 e. The van der Waals surface area contributed by atoms with Crippen LogP contribution in [0.1, 0.15) is 52.8 Å². The summed E-state index contributed by atoms with van der Waals surface area (Å²) >= 11 is 3.67. The van der Waals surface area contributed by atoms with Crippen molar-refractivity contribution in [2.45, 2.75) is 71.1 Å². The normalized spacial score (nSPS) is 15.3. The third-order valence-electron chi connectivity index (χ3n) is 6.54. The average Bonchev–Trinajstić information content (AvgIpc) is 2.88. The second-order valence-electron chi connectivity index (χ2n) is 8.73. The Bertz CT molecular complexity index is 851. The Balaban J connectivity index is 2.39. The molecule has 1 amide bonds. The Morgan fingerprint density at radius 3 is 2.22 bits per heavy atom. The van der Waals surface area contributed by atoms with Crippen molar-refractivity contribution in [2.75, 3.05) is 6.54 Å². The van der Waals surface area contributed by atoms with E-state index in [9.17, 15) is 9.90 Å². The van der Waals surface area contributed by atoms with Gasteiger partial charge in [-0.15, -0.1) is 0 Å². The lowest BCUT2D eigenvalue weighted by molar-refractivity contribution is 0.140. The van der Waals surface area contributed by atoms with Crippen LogP contribution >= 0.6 is 15.9 Å². The lowest BCUT2D eigenvalue weighted by Crippen LogP contribution is -2.53. The molecule has 3 rings (SSSR count). The van der Waals surface area contributed by atoms with Gasteiger partial charge in [-0.1, -0.05) is 63.5 Å². The van der Waals surface area contributed by atoms with Crippen LogP contribution in [0.2, 0.25) is 16.6 Å². The van der Waals surface area contributed by atoms with Crippen LogP contribution in [0.4, 0.5) is 4.79 Å². The van der Waals surface area contributed by atoms with Gasteiger partial charge in [0.1, 0.15) is 0 Å². The molecule has 6 heteroatoms. The van der Waals surface area contributed by atoms with Gasteiger partial charge in [-0.25, -0.2) is 4.79 Å². The molecule has 0 bridgehead atoms. The van der Waals surface area contributed by atoms with Crippen molar-refractivity contribution < 1.29 is 9.90 Å². The molecule has 1 N–H and O–H groups in total. The van der Waals surface area contributed by atoms with E-state index in [-0.39, 0.29) is 0 Å². The number of hydrogen-bond donors (Lipinski definition) is 1. The zero-order valence-electron chi connectivity index (χ0n) is 17.2. The largest absolute Gasteiger partial charge is 0.465 e. The Hall–Kier alpha value is -1.27. The fraction of sp³-hybridized carbons (Fsp3) is 0.571. The molecule has 27 heavy (non-hydrogen) atoms. The molecule has 1 aromatic carbocycles. The van der Waals surface area contributed by atoms with Gasteiger partial charge in [-0.05, 0) is 34.3 Å². The predicted molar refractivity (Wildman–Crippen MR) is 118 cm³/mol. The van der Waals surface area contributed by atoms with Crippen LogP contribution in [-0.4, -0.2) is 35.1 Å². The van der Waals surface area contributed by atoms with Crippen LogP contribution in [0.3, 0.4) is 0 Å². The number of nitrogens with zero attached hydrogens (tertiary/aromatic N) is 2. The minimum atomic E-state index is -1.94. The van der Waals surface area contributed by atoms with E-state index in [0.717, 1.165) is 10.9 Å². The van der Waals surface area contributed by atoms with E-state index in [1.165, 1.54) is 22.2 Å². The Kier molecular flexibility index (Phi) is 5.52. The van der Waals surface area contributed by atoms with E-state index in [1.807, 2.05) is 0 Å². The molecule has 0 radical (unpaired) electrons. The van der Waals surface area contributed by atoms with Gasteiger partial charge in [0, 0.05) is 34.0 Å². The van der Waals surface area contributed by atoms with Crippen LogP contribution in [-0.2, 0) is 13.0 Å². The molecule has 0 fully saturated rings. The standard InChI is InChI=1S/C21H31BrN2O2Si/c1-13(2)27(14(3)4,15(5)6)24-19-9-10-23(21(25)26)12-18(19)17-8-7-16(22)11-20(17)24/h7-8,11,13-15H,9-10,12H2,1-6H3,(H,25,26). The van der Waals surface area contributed by atoms with Gasteiger partial charge in [0.2, 0.25) is 0 Å². The molecule has 0 atom stereocenters. The number of benzene rings is 1. The number of hydrogen-bond acceptors (Lipinski definition) is 1. The van der Waals surface area contributed by atoms with Crippen molar-refractivity contribution in [1.82, 2.24) is 9.13 Å². The first-order chi connectivity index (χ1) is 12.6. The molecule has 2 aromatic rings. The van der Waals surface area contributed by atoms with Gasteiger partial charge in [0.15, 0.2) is 8.24 Å². The summed E-state index contributed by atoms with van der Waals surface area (Å²) < 4.78 is 3.81. The van der Waals surface area contributed by atoms with Crippen LogP contribution in [0, 0.1) is 0 Å². The van der Waals surface area contributed by atoms with Crippen LogP contribution < -0.4 is 0 Å². The Morgan fingerprint density at radius 1 is 1.11 bits per heavy atom. The number of carboxylic acid groups (broad SMARTS) is 1. The second kappa shape index (κ2) is 7.28. The summed E-state index contributed by atoms with van der Waals surface area (Å²) in [7, 11) is -1.94. The Labute approximate surface area is 171 Å². The highest BCUT2D eigenvalue weighted by molar-refractivity contribution is 9.10. The Morgan fingerprint density at radius 2 is 1.70 bits per heavy atom. The summed E-state index contributed by atoms with van der Waals surface area (Å²) in [5.41, 5.74) is 5.65. The van der Waals surface area contributed by atoms with Gasteiger partial charge in [-0.3, -0.25) is 0 Å². The number of fused-ring (bicyclic) bond motifs is 3. The first-order valence-corrected chi connectivity index (χ1v) is 12.9. The summed E-state index contributed by atoms with van der Waals surface area (Å²) in [5, 5.41) is 10.8. The number of aromatic nitrogens is 1. The monoisotopic (exact) mass is 450 g/mol. The molecule has 1 aromatic heterocycles. The average molecular weight is 451 g/mol. The van der Waals surface area contributed by atoms with Crippen LogP contribution in [0.15, 0.2) is 22.7 Å². The first kappa shape index (κ1) is 20.5.